The van der Waals surface area contributed by atoms with E-state index in [1.54, 1.807) is 6.08 Å². The van der Waals surface area contributed by atoms with Crippen molar-refractivity contribution in [2.45, 2.75) is 6.92 Å². The van der Waals surface area contributed by atoms with E-state index in [9.17, 15) is 0 Å². The first-order valence-corrected chi connectivity index (χ1v) is 7.92. The van der Waals surface area contributed by atoms with Crippen molar-refractivity contribution in [1.29, 1.82) is 0 Å². The molecular formula is C20H16N2O3. The van der Waals surface area contributed by atoms with E-state index in [-0.39, 0.29) is 0 Å². The molecule has 4 aromatic rings. The molecule has 0 unspecified atom stereocenters. The van der Waals surface area contributed by atoms with E-state index in [4.69, 9.17) is 13.6 Å². The molecule has 0 aliphatic carbocycles. The molecule has 0 N–H and O–H groups in total. The number of benzene rings is 2. The van der Waals surface area contributed by atoms with E-state index in [2.05, 4.69) is 16.8 Å². The first-order valence-electron chi connectivity index (χ1n) is 7.92. The van der Waals surface area contributed by atoms with E-state index in [1.807, 2.05) is 55.5 Å². The summed E-state index contributed by atoms with van der Waals surface area (Å²) in [5.74, 6) is 2.17. The number of aromatic nitrogens is 2. The number of para-hydroxylation sites is 1. The van der Waals surface area contributed by atoms with Crippen LogP contribution in [0.1, 0.15) is 5.56 Å². The van der Waals surface area contributed by atoms with Crippen molar-refractivity contribution >= 4 is 11.0 Å². The first-order chi connectivity index (χ1) is 12.3. The Kier molecular flexibility index (Phi) is 3.82. The fraction of sp³-hybridized carbons (Fsp3) is 0.100. The molecular weight excluding hydrogens is 316 g/mol. The lowest BCUT2D eigenvalue weighted by Crippen LogP contribution is -1.92. The average molecular weight is 332 g/mol. The van der Waals surface area contributed by atoms with Crippen LogP contribution in [-0.2, 0) is 0 Å². The van der Waals surface area contributed by atoms with Crippen LogP contribution in [-0.4, -0.2) is 16.8 Å². The SMILES string of the molecule is C=CCOc1ccc(-c2nnc(-c3oc4ccccc4c3C)o2)cc1. The zero-order chi connectivity index (χ0) is 17.2. The summed E-state index contributed by atoms with van der Waals surface area (Å²) in [4.78, 5) is 0. The van der Waals surface area contributed by atoms with Crippen molar-refractivity contribution < 1.29 is 13.6 Å². The largest absolute Gasteiger partial charge is 0.490 e. The van der Waals surface area contributed by atoms with Gasteiger partial charge in [-0.05, 0) is 37.3 Å². The molecule has 5 nitrogen and oxygen atoms in total. The average Bonchev–Trinajstić information content (AvgIpc) is 3.26. The fourth-order valence-corrected chi connectivity index (χ4v) is 2.66. The summed E-state index contributed by atoms with van der Waals surface area (Å²) < 4.78 is 17.2. The molecule has 0 saturated heterocycles. The van der Waals surface area contributed by atoms with Gasteiger partial charge in [-0.2, -0.15) is 0 Å². The highest BCUT2D eigenvalue weighted by molar-refractivity contribution is 5.86. The lowest BCUT2D eigenvalue weighted by molar-refractivity contribution is 0.363. The topological polar surface area (TPSA) is 61.3 Å². The summed E-state index contributed by atoms with van der Waals surface area (Å²) in [5, 5.41) is 9.31. The van der Waals surface area contributed by atoms with E-state index < -0.39 is 0 Å². The third-order valence-electron chi connectivity index (χ3n) is 3.93. The molecule has 0 spiro atoms. The Morgan fingerprint density at radius 1 is 1.00 bits per heavy atom. The minimum absolute atomic E-state index is 0.371. The highest BCUT2D eigenvalue weighted by Gasteiger charge is 2.18. The summed E-state index contributed by atoms with van der Waals surface area (Å²) in [5.41, 5.74) is 2.61. The lowest BCUT2D eigenvalue weighted by atomic mass is 10.1. The van der Waals surface area contributed by atoms with Gasteiger partial charge in [0.25, 0.3) is 5.89 Å². The van der Waals surface area contributed by atoms with Crippen LogP contribution in [0.25, 0.3) is 34.1 Å². The van der Waals surface area contributed by atoms with Crippen molar-refractivity contribution in [3.8, 4) is 28.9 Å². The monoisotopic (exact) mass is 332 g/mol. The third kappa shape index (κ3) is 2.80. The van der Waals surface area contributed by atoms with Gasteiger partial charge >= 0.3 is 0 Å². The number of hydrogen-bond donors (Lipinski definition) is 0. The van der Waals surface area contributed by atoms with Crippen LogP contribution in [0.4, 0.5) is 0 Å². The normalized spacial score (nSPS) is 10.9. The van der Waals surface area contributed by atoms with E-state index in [0.717, 1.165) is 27.8 Å². The van der Waals surface area contributed by atoms with E-state index in [1.165, 1.54) is 0 Å². The maximum atomic E-state index is 5.87. The van der Waals surface area contributed by atoms with Gasteiger partial charge in [0.1, 0.15) is 17.9 Å². The molecule has 0 aliphatic rings. The van der Waals surface area contributed by atoms with Crippen LogP contribution in [0.2, 0.25) is 0 Å². The molecule has 5 heteroatoms. The number of aryl methyl sites for hydroxylation is 1. The molecule has 0 aliphatic heterocycles. The number of ether oxygens (including phenoxy) is 1. The molecule has 0 fully saturated rings. The van der Waals surface area contributed by atoms with Crippen LogP contribution >= 0.6 is 0 Å². The summed E-state index contributed by atoms with van der Waals surface area (Å²) in [6.45, 7) is 6.08. The number of nitrogens with zero attached hydrogens (tertiary/aromatic N) is 2. The van der Waals surface area contributed by atoms with Gasteiger partial charge in [-0.15, -0.1) is 10.2 Å². The van der Waals surface area contributed by atoms with Gasteiger partial charge in [0.05, 0.1) is 0 Å². The van der Waals surface area contributed by atoms with Crippen LogP contribution < -0.4 is 4.74 Å². The Hall–Kier alpha value is -3.34. The van der Waals surface area contributed by atoms with Crippen molar-refractivity contribution in [3.63, 3.8) is 0 Å². The molecule has 0 atom stereocenters. The predicted octanol–water partition coefficient (Wildman–Crippen LogP) is 5.02. The number of fused-ring (bicyclic) bond motifs is 1. The highest BCUT2D eigenvalue weighted by Crippen LogP contribution is 2.33. The van der Waals surface area contributed by atoms with Crippen molar-refractivity contribution in [2.75, 3.05) is 6.61 Å². The van der Waals surface area contributed by atoms with Gasteiger partial charge in [0.2, 0.25) is 5.89 Å². The Morgan fingerprint density at radius 3 is 2.52 bits per heavy atom. The van der Waals surface area contributed by atoms with Crippen LogP contribution in [0.3, 0.4) is 0 Å². The maximum Gasteiger partial charge on any atom is 0.284 e. The lowest BCUT2D eigenvalue weighted by Gasteiger charge is -2.02. The van der Waals surface area contributed by atoms with Gasteiger partial charge < -0.3 is 13.6 Å². The van der Waals surface area contributed by atoms with Gasteiger partial charge in [0.15, 0.2) is 5.76 Å². The zero-order valence-corrected chi connectivity index (χ0v) is 13.7. The molecule has 2 heterocycles. The van der Waals surface area contributed by atoms with Gasteiger partial charge in [-0.25, -0.2) is 0 Å². The Labute approximate surface area is 144 Å². The maximum absolute atomic E-state index is 5.87. The third-order valence-corrected chi connectivity index (χ3v) is 3.93. The molecule has 0 saturated carbocycles. The van der Waals surface area contributed by atoms with Gasteiger partial charge in [-0.1, -0.05) is 30.9 Å². The molecule has 4 rings (SSSR count). The molecule has 124 valence electrons. The summed E-state index contributed by atoms with van der Waals surface area (Å²) in [6.07, 6.45) is 1.70. The van der Waals surface area contributed by atoms with Crippen molar-refractivity contribution in [3.05, 3.63) is 66.7 Å². The van der Waals surface area contributed by atoms with Crippen LogP contribution in [0, 0.1) is 6.92 Å². The van der Waals surface area contributed by atoms with Crippen LogP contribution in [0.5, 0.6) is 5.75 Å². The second-order valence-electron chi connectivity index (χ2n) is 5.59. The summed E-state index contributed by atoms with van der Waals surface area (Å²) in [7, 11) is 0. The molecule has 2 aromatic heterocycles. The minimum Gasteiger partial charge on any atom is -0.490 e. The molecule has 0 amide bonds. The summed E-state index contributed by atoms with van der Waals surface area (Å²) >= 11 is 0. The van der Waals surface area contributed by atoms with Gasteiger partial charge in [-0.3, -0.25) is 0 Å². The van der Waals surface area contributed by atoms with Crippen molar-refractivity contribution in [1.82, 2.24) is 10.2 Å². The number of hydrogen-bond acceptors (Lipinski definition) is 5. The number of furan rings is 1. The zero-order valence-electron chi connectivity index (χ0n) is 13.7. The molecule has 0 radical (unpaired) electrons. The smallest absolute Gasteiger partial charge is 0.284 e. The second kappa shape index (κ2) is 6.28. The van der Waals surface area contributed by atoms with E-state index in [0.29, 0.717) is 24.1 Å². The van der Waals surface area contributed by atoms with Gasteiger partial charge in [0, 0.05) is 16.5 Å². The Balaban J connectivity index is 1.65. The quantitative estimate of drug-likeness (QED) is 0.480. The Bertz CT molecular complexity index is 1030. The number of rotatable bonds is 5. The first kappa shape index (κ1) is 15.2. The van der Waals surface area contributed by atoms with Crippen molar-refractivity contribution in [2.24, 2.45) is 0 Å². The highest BCUT2D eigenvalue weighted by atomic mass is 16.5. The standard InChI is InChI=1S/C20H16N2O3/c1-3-12-23-15-10-8-14(9-11-15)19-21-22-20(25-19)18-13(2)16-6-4-5-7-17(16)24-18/h3-11H,1,12H2,2H3. The molecule has 0 bridgehead atoms. The Morgan fingerprint density at radius 2 is 1.76 bits per heavy atom. The second-order valence-corrected chi connectivity index (χ2v) is 5.59. The fourth-order valence-electron chi connectivity index (χ4n) is 2.66. The predicted molar refractivity (Wildman–Crippen MR) is 95.4 cm³/mol. The van der Waals surface area contributed by atoms with Crippen LogP contribution in [0.15, 0.2) is 70.0 Å². The van der Waals surface area contributed by atoms with E-state index >= 15 is 0 Å². The summed E-state index contributed by atoms with van der Waals surface area (Å²) in [6, 6.07) is 15.3. The minimum atomic E-state index is 0.371. The molecule has 2 aromatic carbocycles. The molecule has 25 heavy (non-hydrogen) atoms.